The summed E-state index contributed by atoms with van der Waals surface area (Å²) < 4.78 is 0. The predicted molar refractivity (Wildman–Crippen MR) is 77.1 cm³/mol. The molecule has 4 nitrogen and oxygen atoms in total. The zero-order chi connectivity index (χ0) is 13.4. The highest BCUT2D eigenvalue weighted by atomic mass is 35.5. The highest BCUT2D eigenvalue weighted by molar-refractivity contribution is 6.31. The number of anilines is 1. The van der Waals surface area contributed by atoms with Crippen molar-refractivity contribution in [3.05, 3.63) is 17.5 Å². The van der Waals surface area contributed by atoms with Gasteiger partial charge >= 0.3 is 0 Å². The van der Waals surface area contributed by atoms with E-state index in [1.807, 2.05) is 0 Å². The fraction of sp³-hybridized carbons (Fsp3) is 0.692. The van der Waals surface area contributed by atoms with Gasteiger partial charge in [-0.3, -0.25) is 0 Å². The summed E-state index contributed by atoms with van der Waals surface area (Å²) in [6.07, 6.45) is 5.52. The van der Waals surface area contributed by atoms with Crippen LogP contribution in [0.2, 0.25) is 5.15 Å². The molecule has 0 saturated carbocycles. The lowest BCUT2D eigenvalue weighted by atomic mass is 10.2. The summed E-state index contributed by atoms with van der Waals surface area (Å²) in [5, 5.41) is 3.73. The molecule has 0 aliphatic carbocycles. The summed E-state index contributed by atoms with van der Waals surface area (Å²) in [5.74, 6) is 0.675. The Labute approximate surface area is 115 Å². The highest BCUT2D eigenvalue weighted by Crippen LogP contribution is 2.16. The van der Waals surface area contributed by atoms with E-state index in [9.17, 15) is 0 Å². The van der Waals surface area contributed by atoms with E-state index in [1.54, 1.807) is 12.4 Å². The molecule has 0 bridgehead atoms. The van der Waals surface area contributed by atoms with Crippen molar-refractivity contribution in [3.8, 4) is 0 Å². The van der Waals surface area contributed by atoms with Gasteiger partial charge in [0.1, 0.15) is 0 Å². The first-order chi connectivity index (χ1) is 8.67. The molecule has 1 aromatic heterocycles. The Bertz CT molecular complexity index is 342. The maximum Gasteiger partial charge on any atom is 0.171 e. The van der Waals surface area contributed by atoms with Gasteiger partial charge in [-0.05, 0) is 39.4 Å². The molecule has 0 fully saturated rings. The Morgan fingerprint density at radius 2 is 1.94 bits per heavy atom. The average molecular weight is 271 g/mol. The number of aromatic nitrogens is 2. The molecule has 0 aromatic carbocycles. The van der Waals surface area contributed by atoms with Crippen molar-refractivity contribution in [2.45, 2.75) is 39.7 Å². The minimum absolute atomic E-state index is 0.356. The molecule has 5 heteroatoms. The molecule has 1 atom stereocenters. The molecule has 1 unspecified atom stereocenters. The number of rotatable bonds is 8. The monoisotopic (exact) mass is 270 g/mol. The predicted octanol–water partition coefficient (Wildman–Crippen LogP) is 3.05. The summed E-state index contributed by atoms with van der Waals surface area (Å²) in [4.78, 5) is 10.6. The van der Waals surface area contributed by atoms with Crippen LogP contribution in [0.1, 0.15) is 33.6 Å². The van der Waals surface area contributed by atoms with E-state index < -0.39 is 0 Å². The van der Waals surface area contributed by atoms with Gasteiger partial charge in [-0.1, -0.05) is 25.4 Å². The van der Waals surface area contributed by atoms with E-state index in [0.29, 0.717) is 17.0 Å². The number of hydrogen-bond acceptors (Lipinski definition) is 4. The van der Waals surface area contributed by atoms with Crippen molar-refractivity contribution >= 4 is 17.4 Å². The van der Waals surface area contributed by atoms with Crippen LogP contribution in [0.4, 0.5) is 5.82 Å². The average Bonchev–Trinajstić information content (AvgIpc) is 2.37. The molecule has 1 N–H and O–H groups in total. The number of nitrogens with one attached hydrogen (secondary N) is 1. The lowest BCUT2D eigenvalue weighted by molar-refractivity contribution is 0.295. The Balaban J connectivity index is 2.30. The van der Waals surface area contributed by atoms with Crippen LogP contribution in [0.25, 0.3) is 0 Å². The van der Waals surface area contributed by atoms with Gasteiger partial charge in [0, 0.05) is 18.4 Å². The lowest BCUT2D eigenvalue weighted by Gasteiger charge is -2.20. The zero-order valence-electron chi connectivity index (χ0n) is 11.5. The largest absolute Gasteiger partial charge is 0.365 e. The van der Waals surface area contributed by atoms with E-state index in [0.717, 1.165) is 26.1 Å². The SMILES string of the molecule is CCN(CC)CCCC(C)Nc1nccnc1Cl. The molecular formula is C13H23ClN4. The maximum absolute atomic E-state index is 5.95. The van der Waals surface area contributed by atoms with Gasteiger partial charge in [0.05, 0.1) is 0 Å². The number of nitrogens with zero attached hydrogens (tertiary/aromatic N) is 3. The normalized spacial score (nSPS) is 12.7. The first-order valence-electron chi connectivity index (χ1n) is 6.62. The highest BCUT2D eigenvalue weighted by Gasteiger charge is 2.07. The zero-order valence-corrected chi connectivity index (χ0v) is 12.2. The lowest BCUT2D eigenvalue weighted by Crippen LogP contribution is -2.25. The second-order valence-electron chi connectivity index (χ2n) is 4.41. The van der Waals surface area contributed by atoms with Crippen LogP contribution in [0.3, 0.4) is 0 Å². The van der Waals surface area contributed by atoms with Crippen LogP contribution < -0.4 is 5.32 Å². The molecule has 1 rings (SSSR count). The van der Waals surface area contributed by atoms with Gasteiger partial charge in [0.25, 0.3) is 0 Å². The maximum atomic E-state index is 5.95. The van der Waals surface area contributed by atoms with Crippen molar-refractivity contribution in [1.29, 1.82) is 0 Å². The van der Waals surface area contributed by atoms with Crippen LogP contribution in [-0.4, -0.2) is 40.5 Å². The van der Waals surface area contributed by atoms with Crippen molar-refractivity contribution in [1.82, 2.24) is 14.9 Å². The fourth-order valence-corrected chi connectivity index (χ4v) is 2.04. The van der Waals surface area contributed by atoms with Crippen molar-refractivity contribution in [2.24, 2.45) is 0 Å². The number of halogens is 1. The van der Waals surface area contributed by atoms with Crippen LogP contribution in [0, 0.1) is 0 Å². The van der Waals surface area contributed by atoms with E-state index in [4.69, 9.17) is 11.6 Å². The number of hydrogen-bond donors (Lipinski definition) is 1. The molecule has 0 aliphatic rings. The molecule has 0 radical (unpaired) electrons. The molecule has 1 heterocycles. The molecule has 0 aliphatic heterocycles. The summed E-state index contributed by atoms with van der Waals surface area (Å²) in [5.41, 5.74) is 0. The first kappa shape index (κ1) is 15.2. The van der Waals surface area contributed by atoms with Crippen LogP contribution in [-0.2, 0) is 0 Å². The molecule has 102 valence electrons. The van der Waals surface area contributed by atoms with E-state index >= 15 is 0 Å². The van der Waals surface area contributed by atoms with Gasteiger partial charge in [0.15, 0.2) is 11.0 Å². The standard InChI is InChI=1S/C13H23ClN4/c1-4-18(5-2)10-6-7-11(3)17-13-12(14)15-8-9-16-13/h8-9,11H,4-7,10H2,1-3H3,(H,16,17). The Hall–Kier alpha value is -0.870. The molecule has 0 saturated heterocycles. The Kier molecular flexibility index (Phi) is 6.98. The first-order valence-corrected chi connectivity index (χ1v) is 7.00. The molecule has 18 heavy (non-hydrogen) atoms. The van der Waals surface area contributed by atoms with Gasteiger partial charge in [-0.15, -0.1) is 0 Å². The Morgan fingerprint density at radius 1 is 1.28 bits per heavy atom. The minimum atomic E-state index is 0.356. The van der Waals surface area contributed by atoms with E-state index in [-0.39, 0.29) is 0 Å². The van der Waals surface area contributed by atoms with Crippen LogP contribution in [0.5, 0.6) is 0 Å². The Morgan fingerprint density at radius 3 is 2.56 bits per heavy atom. The van der Waals surface area contributed by atoms with E-state index in [1.165, 1.54) is 6.42 Å². The molecular weight excluding hydrogens is 248 g/mol. The third-order valence-corrected chi connectivity index (χ3v) is 3.32. The summed E-state index contributed by atoms with van der Waals surface area (Å²) in [6.45, 7) is 9.93. The van der Waals surface area contributed by atoms with Crippen LogP contribution in [0.15, 0.2) is 12.4 Å². The minimum Gasteiger partial charge on any atom is -0.365 e. The second kappa shape index (κ2) is 8.27. The summed E-state index contributed by atoms with van der Waals surface area (Å²) >= 11 is 5.95. The van der Waals surface area contributed by atoms with Crippen molar-refractivity contribution < 1.29 is 0 Å². The summed E-state index contributed by atoms with van der Waals surface area (Å²) in [6, 6.07) is 0.356. The summed E-state index contributed by atoms with van der Waals surface area (Å²) in [7, 11) is 0. The van der Waals surface area contributed by atoms with E-state index in [2.05, 4.69) is 41.0 Å². The van der Waals surface area contributed by atoms with Gasteiger partial charge in [-0.25, -0.2) is 9.97 Å². The third kappa shape index (κ3) is 5.19. The van der Waals surface area contributed by atoms with Crippen molar-refractivity contribution in [2.75, 3.05) is 25.0 Å². The van der Waals surface area contributed by atoms with Crippen LogP contribution >= 0.6 is 11.6 Å². The van der Waals surface area contributed by atoms with Gasteiger partial charge in [-0.2, -0.15) is 0 Å². The molecule has 1 aromatic rings. The van der Waals surface area contributed by atoms with Gasteiger partial charge < -0.3 is 10.2 Å². The topological polar surface area (TPSA) is 41.0 Å². The van der Waals surface area contributed by atoms with Crippen molar-refractivity contribution in [3.63, 3.8) is 0 Å². The molecule has 0 amide bonds. The quantitative estimate of drug-likeness (QED) is 0.788. The molecule has 0 spiro atoms. The smallest absolute Gasteiger partial charge is 0.171 e. The fourth-order valence-electron chi connectivity index (χ4n) is 1.88. The second-order valence-corrected chi connectivity index (χ2v) is 4.77. The van der Waals surface area contributed by atoms with Gasteiger partial charge in [0.2, 0.25) is 0 Å². The third-order valence-electron chi connectivity index (χ3n) is 3.04.